The maximum Gasteiger partial charge on any atom is 0.0919 e. The Morgan fingerprint density at radius 3 is 2.56 bits per heavy atom. The average Bonchev–Trinajstić information content (AvgIpc) is 2.28. The van der Waals surface area contributed by atoms with E-state index in [1.165, 1.54) is 0 Å². The minimum Gasteiger partial charge on any atom is -0.385 e. The molecule has 2 atom stereocenters. The van der Waals surface area contributed by atoms with Crippen molar-refractivity contribution in [2.45, 2.75) is 45.6 Å². The van der Waals surface area contributed by atoms with Crippen LogP contribution in [0.5, 0.6) is 0 Å². The molecule has 1 nitrogen and oxygen atoms in total. The van der Waals surface area contributed by atoms with Crippen LogP contribution in [0.4, 0.5) is 0 Å². The SMILES string of the molecule is CCCC(C)C(O)(CC)c1cccc(Br)c1. The third-order valence-electron chi connectivity index (χ3n) is 3.40. The molecule has 0 saturated carbocycles. The highest BCUT2D eigenvalue weighted by molar-refractivity contribution is 9.10. The predicted molar refractivity (Wildman–Crippen MR) is 72.4 cm³/mol. The van der Waals surface area contributed by atoms with Gasteiger partial charge in [0.25, 0.3) is 0 Å². The van der Waals surface area contributed by atoms with Crippen molar-refractivity contribution in [3.05, 3.63) is 34.3 Å². The summed E-state index contributed by atoms with van der Waals surface area (Å²) in [5.41, 5.74) is 0.324. The standard InChI is InChI=1S/C14H21BrO/c1-4-7-11(3)14(16,5-2)12-8-6-9-13(15)10-12/h6,8-11,16H,4-5,7H2,1-3H3. The molecule has 0 bridgehead atoms. The fourth-order valence-corrected chi connectivity index (χ4v) is 2.67. The molecular weight excluding hydrogens is 264 g/mol. The first kappa shape index (κ1) is 13.7. The van der Waals surface area contributed by atoms with Gasteiger partial charge in [0.05, 0.1) is 5.60 Å². The van der Waals surface area contributed by atoms with Crippen LogP contribution in [-0.2, 0) is 5.60 Å². The minimum absolute atomic E-state index is 0.289. The summed E-state index contributed by atoms with van der Waals surface area (Å²) in [6.07, 6.45) is 2.92. The maximum atomic E-state index is 10.8. The highest BCUT2D eigenvalue weighted by Crippen LogP contribution is 2.36. The third kappa shape index (κ3) is 2.86. The third-order valence-corrected chi connectivity index (χ3v) is 3.89. The summed E-state index contributed by atoms with van der Waals surface area (Å²) >= 11 is 3.46. The lowest BCUT2D eigenvalue weighted by Crippen LogP contribution is -2.32. The van der Waals surface area contributed by atoms with Gasteiger partial charge in [-0.3, -0.25) is 0 Å². The molecule has 0 saturated heterocycles. The van der Waals surface area contributed by atoms with Gasteiger partial charge in [0, 0.05) is 4.47 Å². The van der Waals surface area contributed by atoms with E-state index in [4.69, 9.17) is 0 Å². The van der Waals surface area contributed by atoms with Crippen LogP contribution in [0.1, 0.15) is 45.6 Å². The number of halogens is 1. The summed E-state index contributed by atoms with van der Waals surface area (Å²) in [6, 6.07) is 8.01. The second kappa shape index (κ2) is 5.83. The highest BCUT2D eigenvalue weighted by Gasteiger charge is 2.33. The summed E-state index contributed by atoms with van der Waals surface area (Å²) < 4.78 is 1.03. The molecule has 0 aliphatic rings. The Hall–Kier alpha value is -0.340. The molecule has 1 aromatic carbocycles. The monoisotopic (exact) mass is 284 g/mol. The molecule has 1 N–H and O–H groups in total. The van der Waals surface area contributed by atoms with Crippen molar-refractivity contribution in [1.29, 1.82) is 0 Å². The van der Waals surface area contributed by atoms with Gasteiger partial charge in [-0.05, 0) is 36.5 Å². The largest absolute Gasteiger partial charge is 0.385 e. The molecule has 16 heavy (non-hydrogen) atoms. The van der Waals surface area contributed by atoms with Gasteiger partial charge in [0.15, 0.2) is 0 Å². The molecule has 90 valence electrons. The van der Waals surface area contributed by atoms with E-state index in [9.17, 15) is 5.11 Å². The lowest BCUT2D eigenvalue weighted by molar-refractivity contribution is -0.0245. The van der Waals surface area contributed by atoms with Crippen LogP contribution in [0.2, 0.25) is 0 Å². The van der Waals surface area contributed by atoms with Gasteiger partial charge in [0.1, 0.15) is 0 Å². The van der Waals surface area contributed by atoms with Crippen LogP contribution < -0.4 is 0 Å². The average molecular weight is 285 g/mol. The summed E-state index contributed by atoms with van der Waals surface area (Å²) in [5.74, 6) is 0.289. The van der Waals surface area contributed by atoms with E-state index in [1.807, 2.05) is 31.2 Å². The van der Waals surface area contributed by atoms with E-state index in [0.717, 1.165) is 29.3 Å². The van der Waals surface area contributed by atoms with E-state index in [2.05, 4.69) is 29.8 Å². The molecule has 0 amide bonds. The van der Waals surface area contributed by atoms with Crippen LogP contribution in [0.25, 0.3) is 0 Å². The van der Waals surface area contributed by atoms with E-state index >= 15 is 0 Å². The fourth-order valence-electron chi connectivity index (χ4n) is 2.27. The smallest absolute Gasteiger partial charge is 0.0919 e. The zero-order valence-electron chi connectivity index (χ0n) is 10.3. The number of hydrogen-bond acceptors (Lipinski definition) is 1. The zero-order chi connectivity index (χ0) is 12.2. The second-order valence-electron chi connectivity index (χ2n) is 4.48. The molecule has 2 heteroatoms. The molecule has 0 heterocycles. The van der Waals surface area contributed by atoms with Crippen LogP contribution in [-0.4, -0.2) is 5.11 Å². The van der Waals surface area contributed by atoms with E-state index in [0.29, 0.717) is 0 Å². The first-order chi connectivity index (χ1) is 7.54. The van der Waals surface area contributed by atoms with E-state index in [-0.39, 0.29) is 5.92 Å². The van der Waals surface area contributed by atoms with Crippen LogP contribution >= 0.6 is 15.9 Å². The lowest BCUT2D eigenvalue weighted by atomic mass is 9.78. The van der Waals surface area contributed by atoms with Crippen LogP contribution in [0, 0.1) is 5.92 Å². The maximum absolute atomic E-state index is 10.8. The van der Waals surface area contributed by atoms with Crippen LogP contribution in [0.15, 0.2) is 28.7 Å². The molecule has 0 spiro atoms. The number of benzene rings is 1. The van der Waals surface area contributed by atoms with Crippen molar-refractivity contribution < 1.29 is 5.11 Å². The molecule has 0 aromatic heterocycles. The quantitative estimate of drug-likeness (QED) is 0.845. The highest BCUT2D eigenvalue weighted by atomic mass is 79.9. The zero-order valence-corrected chi connectivity index (χ0v) is 11.9. The van der Waals surface area contributed by atoms with Crippen molar-refractivity contribution in [1.82, 2.24) is 0 Å². The topological polar surface area (TPSA) is 20.2 Å². The Balaban J connectivity index is 3.04. The predicted octanol–water partition coefficient (Wildman–Crippen LogP) is 4.48. The van der Waals surface area contributed by atoms with Gasteiger partial charge < -0.3 is 5.11 Å². The van der Waals surface area contributed by atoms with E-state index in [1.54, 1.807) is 0 Å². The van der Waals surface area contributed by atoms with Crippen molar-refractivity contribution in [2.75, 3.05) is 0 Å². The minimum atomic E-state index is -0.695. The van der Waals surface area contributed by atoms with Gasteiger partial charge in [-0.1, -0.05) is 55.3 Å². The van der Waals surface area contributed by atoms with E-state index < -0.39 is 5.60 Å². The van der Waals surface area contributed by atoms with Gasteiger partial charge >= 0.3 is 0 Å². The van der Waals surface area contributed by atoms with Gasteiger partial charge in [-0.25, -0.2) is 0 Å². The number of aliphatic hydroxyl groups is 1. The number of hydrogen-bond donors (Lipinski definition) is 1. The summed E-state index contributed by atoms with van der Waals surface area (Å²) in [6.45, 7) is 6.34. The van der Waals surface area contributed by atoms with Gasteiger partial charge in [-0.2, -0.15) is 0 Å². The summed E-state index contributed by atoms with van der Waals surface area (Å²) in [7, 11) is 0. The molecule has 1 aromatic rings. The van der Waals surface area contributed by atoms with Crippen molar-refractivity contribution in [2.24, 2.45) is 5.92 Å². The summed E-state index contributed by atoms with van der Waals surface area (Å²) in [4.78, 5) is 0. The van der Waals surface area contributed by atoms with Gasteiger partial charge in [-0.15, -0.1) is 0 Å². The Morgan fingerprint density at radius 2 is 2.06 bits per heavy atom. The molecule has 0 aliphatic heterocycles. The molecule has 0 radical (unpaired) electrons. The molecule has 0 aliphatic carbocycles. The van der Waals surface area contributed by atoms with Crippen LogP contribution in [0.3, 0.4) is 0 Å². The normalized spacial score (nSPS) is 16.8. The Kier molecular flexibility index (Phi) is 5.00. The van der Waals surface area contributed by atoms with Crippen molar-refractivity contribution >= 4 is 15.9 Å². The van der Waals surface area contributed by atoms with Crippen molar-refractivity contribution in [3.63, 3.8) is 0 Å². The molecule has 1 rings (SSSR count). The first-order valence-electron chi connectivity index (χ1n) is 6.03. The molecule has 2 unspecified atom stereocenters. The lowest BCUT2D eigenvalue weighted by Gasteiger charge is -2.34. The Labute approximate surface area is 107 Å². The number of rotatable bonds is 5. The second-order valence-corrected chi connectivity index (χ2v) is 5.39. The summed E-state index contributed by atoms with van der Waals surface area (Å²) in [5, 5.41) is 10.8. The Morgan fingerprint density at radius 1 is 1.38 bits per heavy atom. The molecule has 0 fully saturated rings. The fraction of sp³-hybridized carbons (Fsp3) is 0.571. The van der Waals surface area contributed by atoms with Gasteiger partial charge in [0.2, 0.25) is 0 Å². The first-order valence-corrected chi connectivity index (χ1v) is 6.82. The molecular formula is C14H21BrO. The van der Waals surface area contributed by atoms with Crippen molar-refractivity contribution in [3.8, 4) is 0 Å². The Bertz CT molecular complexity index is 337.